The van der Waals surface area contributed by atoms with Crippen molar-refractivity contribution in [2.24, 2.45) is 0 Å². The maximum atomic E-state index is 5.91. The second-order valence-corrected chi connectivity index (χ2v) is 4.78. The minimum atomic E-state index is 0.0777. The Morgan fingerprint density at radius 1 is 1.25 bits per heavy atom. The van der Waals surface area contributed by atoms with Crippen LogP contribution in [0.2, 0.25) is 0 Å². The van der Waals surface area contributed by atoms with Gasteiger partial charge in [-0.15, -0.1) is 0 Å². The van der Waals surface area contributed by atoms with Crippen LogP contribution in [0.15, 0.2) is 53.1 Å². The number of rotatable bonds is 4. The third-order valence-electron chi connectivity index (χ3n) is 3.49. The van der Waals surface area contributed by atoms with Crippen LogP contribution in [-0.4, -0.2) is 12.0 Å². The second kappa shape index (κ2) is 5.35. The summed E-state index contributed by atoms with van der Waals surface area (Å²) in [6.45, 7) is 0. The number of nitrogens with two attached hydrogens (primary N) is 1. The molecule has 3 rings (SSSR count). The Morgan fingerprint density at radius 2 is 2.10 bits per heavy atom. The third-order valence-corrected chi connectivity index (χ3v) is 3.49. The van der Waals surface area contributed by atoms with E-state index >= 15 is 0 Å². The molecule has 0 fully saturated rings. The van der Waals surface area contributed by atoms with Gasteiger partial charge in [-0.1, -0.05) is 24.3 Å². The van der Waals surface area contributed by atoms with E-state index in [9.17, 15) is 0 Å². The van der Waals surface area contributed by atoms with Crippen molar-refractivity contribution >= 4 is 16.8 Å². The van der Waals surface area contributed by atoms with Crippen LogP contribution in [0.1, 0.15) is 17.4 Å². The fourth-order valence-corrected chi connectivity index (χ4v) is 2.36. The van der Waals surface area contributed by atoms with Crippen molar-refractivity contribution in [1.29, 1.82) is 0 Å². The van der Waals surface area contributed by atoms with Crippen LogP contribution in [0.25, 0.3) is 11.0 Å². The molecular formula is C16H17N3O. The van der Waals surface area contributed by atoms with E-state index in [4.69, 9.17) is 10.2 Å². The van der Waals surface area contributed by atoms with Crippen LogP contribution in [0.4, 0.5) is 5.82 Å². The summed E-state index contributed by atoms with van der Waals surface area (Å²) in [5.74, 6) is 1.49. The summed E-state index contributed by atoms with van der Waals surface area (Å²) < 4.78 is 5.91. The van der Waals surface area contributed by atoms with Gasteiger partial charge in [0.15, 0.2) is 0 Å². The maximum absolute atomic E-state index is 5.91. The van der Waals surface area contributed by atoms with Crippen LogP contribution in [0, 0.1) is 0 Å². The highest BCUT2D eigenvalue weighted by molar-refractivity contribution is 5.77. The highest BCUT2D eigenvalue weighted by Gasteiger charge is 2.16. The smallest absolute Gasteiger partial charge is 0.134 e. The molecule has 0 aliphatic heterocycles. The van der Waals surface area contributed by atoms with Crippen LogP contribution in [0.3, 0.4) is 0 Å². The SMILES string of the molecule is CNC(Cc1cccnc1N)c1cc2ccccc2o1. The molecule has 0 bridgehead atoms. The quantitative estimate of drug-likeness (QED) is 0.763. The van der Waals surface area contributed by atoms with Crippen molar-refractivity contribution in [2.45, 2.75) is 12.5 Å². The number of hydrogen-bond donors (Lipinski definition) is 2. The van der Waals surface area contributed by atoms with E-state index in [2.05, 4.69) is 16.4 Å². The van der Waals surface area contributed by atoms with Crippen molar-refractivity contribution in [1.82, 2.24) is 10.3 Å². The number of anilines is 1. The first kappa shape index (κ1) is 12.7. The van der Waals surface area contributed by atoms with Gasteiger partial charge in [0, 0.05) is 11.6 Å². The number of aromatic nitrogens is 1. The van der Waals surface area contributed by atoms with E-state index in [0.717, 1.165) is 28.7 Å². The summed E-state index contributed by atoms with van der Waals surface area (Å²) in [7, 11) is 1.92. The zero-order chi connectivity index (χ0) is 13.9. The van der Waals surface area contributed by atoms with E-state index in [1.807, 2.05) is 43.4 Å². The number of benzene rings is 1. The van der Waals surface area contributed by atoms with Gasteiger partial charge in [0.1, 0.15) is 17.2 Å². The summed E-state index contributed by atoms with van der Waals surface area (Å²) >= 11 is 0. The van der Waals surface area contributed by atoms with Crippen molar-refractivity contribution in [3.8, 4) is 0 Å². The predicted molar refractivity (Wildman–Crippen MR) is 80.4 cm³/mol. The van der Waals surface area contributed by atoms with Crippen molar-refractivity contribution in [3.63, 3.8) is 0 Å². The van der Waals surface area contributed by atoms with Crippen LogP contribution in [0.5, 0.6) is 0 Å². The number of likely N-dealkylation sites (N-methyl/N-ethyl adjacent to an activating group) is 1. The summed E-state index contributed by atoms with van der Waals surface area (Å²) in [6, 6.07) is 14.1. The zero-order valence-corrected chi connectivity index (χ0v) is 11.3. The number of nitrogens with zero attached hydrogens (tertiary/aromatic N) is 1. The molecule has 3 N–H and O–H groups in total. The number of furan rings is 1. The number of para-hydroxylation sites is 1. The van der Waals surface area contributed by atoms with Gasteiger partial charge in [-0.2, -0.15) is 0 Å². The molecule has 102 valence electrons. The zero-order valence-electron chi connectivity index (χ0n) is 11.3. The van der Waals surface area contributed by atoms with Crippen molar-refractivity contribution in [2.75, 3.05) is 12.8 Å². The van der Waals surface area contributed by atoms with Gasteiger partial charge in [-0.3, -0.25) is 0 Å². The second-order valence-electron chi connectivity index (χ2n) is 4.78. The molecule has 1 unspecified atom stereocenters. The van der Waals surface area contributed by atoms with E-state index in [0.29, 0.717) is 5.82 Å². The largest absolute Gasteiger partial charge is 0.459 e. The normalized spacial score (nSPS) is 12.7. The van der Waals surface area contributed by atoms with Gasteiger partial charge in [0.05, 0.1) is 6.04 Å². The van der Waals surface area contributed by atoms with Gasteiger partial charge in [-0.05, 0) is 37.2 Å². The first-order valence-electron chi connectivity index (χ1n) is 6.63. The molecule has 0 radical (unpaired) electrons. The molecule has 0 spiro atoms. The Labute approximate surface area is 117 Å². The number of fused-ring (bicyclic) bond motifs is 1. The molecule has 1 atom stereocenters. The predicted octanol–water partition coefficient (Wildman–Crippen LogP) is 2.91. The highest BCUT2D eigenvalue weighted by Crippen LogP contribution is 2.26. The van der Waals surface area contributed by atoms with E-state index in [1.165, 1.54) is 0 Å². The lowest BCUT2D eigenvalue weighted by Crippen LogP contribution is -2.19. The molecule has 3 aromatic rings. The molecular weight excluding hydrogens is 250 g/mol. The summed E-state index contributed by atoms with van der Waals surface area (Å²) in [5.41, 5.74) is 7.83. The first-order valence-corrected chi connectivity index (χ1v) is 6.63. The van der Waals surface area contributed by atoms with Crippen LogP contribution < -0.4 is 11.1 Å². The molecule has 0 aliphatic carbocycles. The molecule has 20 heavy (non-hydrogen) atoms. The Morgan fingerprint density at radius 3 is 2.85 bits per heavy atom. The lowest BCUT2D eigenvalue weighted by Gasteiger charge is -2.14. The molecule has 2 aromatic heterocycles. The average Bonchev–Trinajstić information content (AvgIpc) is 2.90. The van der Waals surface area contributed by atoms with Gasteiger partial charge >= 0.3 is 0 Å². The molecule has 0 saturated carbocycles. The standard InChI is InChI=1S/C16H17N3O/c1-18-13(9-12-6-4-8-19-16(12)17)15-10-11-5-2-3-7-14(11)20-15/h2-8,10,13,18H,9H2,1H3,(H2,17,19). The van der Waals surface area contributed by atoms with E-state index in [-0.39, 0.29) is 6.04 Å². The third kappa shape index (κ3) is 2.38. The lowest BCUT2D eigenvalue weighted by molar-refractivity contribution is 0.451. The number of nitrogen functional groups attached to an aromatic ring is 1. The molecule has 0 aliphatic rings. The molecule has 0 saturated heterocycles. The number of pyridine rings is 1. The Hall–Kier alpha value is -2.33. The number of nitrogens with one attached hydrogen (secondary N) is 1. The molecule has 2 heterocycles. The minimum Gasteiger partial charge on any atom is -0.459 e. The van der Waals surface area contributed by atoms with E-state index in [1.54, 1.807) is 6.20 Å². The Bertz CT molecular complexity index is 687. The lowest BCUT2D eigenvalue weighted by atomic mass is 10.0. The van der Waals surface area contributed by atoms with E-state index < -0.39 is 0 Å². The van der Waals surface area contributed by atoms with Crippen LogP contribution in [-0.2, 0) is 6.42 Å². The van der Waals surface area contributed by atoms with Crippen LogP contribution >= 0.6 is 0 Å². The molecule has 1 aromatic carbocycles. The fourth-order valence-electron chi connectivity index (χ4n) is 2.36. The van der Waals surface area contributed by atoms with Gasteiger partial charge in [0.25, 0.3) is 0 Å². The molecule has 0 amide bonds. The maximum Gasteiger partial charge on any atom is 0.134 e. The summed E-state index contributed by atoms with van der Waals surface area (Å²) in [5, 5.41) is 4.39. The topological polar surface area (TPSA) is 64.1 Å². The first-order chi connectivity index (χ1) is 9.78. The fraction of sp³-hybridized carbons (Fsp3) is 0.188. The van der Waals surface area contributed by atoms with Crippen molar-refractivity contribution < 1.29 is 4.42 Å². The summed E-state index contributed by atoms with van der Waals surface area (Å²) in [6.07, 6.45) is 2.45. The Kier molecular flexibility index (Phi) is 3.39. The highest BCUT2D eigenvalue weighted by atomic mass is 16.3. The van der Waals surface area contributed by atoms with Gasteiger partial charge in [0.2, 0.25) is 0 Å². The molecule has 4 nitrogen and oxygen atoms in total. The van der Waals surface area contributed by atoms with Gasteiger partial charge in [-0.25, -0.2) is 4.98 Å². The monoisotopic (exact) mass is 267 g/mol. The van der Waals surface area contributed by atoms with Gasteiger partial charge < -0.3 is 15.5 Å². The minimum absolute atomic E-state index is 0.0777. The average molecular weight is 267 g/mol. The number of hydrogen-bond acceptors (Lipinski definition) is 4. The summed E-state index contributed by atoms with van der Waals surface area (Å²) in [4.78, 5) is 4.12. The van der Waals surface area contributed by atoms with Crippen molar-refractivity contribution in [3.05, 3.63) is 60.0 Å². The molecule has 4 heteroatoms. The Balaban J connectivity index is 1.91.